The highest BCUT2D eigenvalue weighted by Gasteiger charge is 2.27. The zero-order chi connectivity index (χ0) is 12.2. The Bertz CT molecular complexity index is 362. The quantitative estimate of drug-likeness (QED) is 0.901. The standard InChI is InChI=1S/C15H22N2S/c1-2-5-13(6-3-1)15-11-16-8-9-17(15)12-14-7-4-10-18-14/h1-3,5-6,14-16H,4,7-12H2. The second-order valence-corrected chi connectivity index (χ2v) is 6.67. The predicted molar refractivity (Wildman–Crippen MR) is 79.1 cm³/mol. The van der Waals surface area contributed by atoms with E-state index in [1.807, 2.05) is 0 Å². The molecule has 3 rings (SSSR count). The Hall–Kier alpha value is -0.510. The molecular formula is C15H22N2S. The molecule has 1 N–H and O–H groups in total. The highest BCUT2D eigenvalue weighted by atomic mass is 32.2. The Kier molecular flexibility index (Phi) is 4.24. The van der Waals surface area contributed by atoms with Crippen LogP contribution in [-0.2, 0) is 0 Å². The van der Waals surface area contributed by atoms with E-state index in [1.165, 1.54) is 37.2 Å². The number of nitrogens with zero attached hydrogens (tertiary/aromatic N) is 1. The lowest BCUT2D eigenvalue weighted by molar-refractivity contribution is 0.162. The minimum absolute atomic E-state index is 0.571. The molecule has 1 aromatic rings. The highest BCUT2D eigenvalue weighted by molar-refractivity contribution is 8.00. The van der Waals surface area contributed by atoms with Gasteiger partial charge in [-0.1, -0.05) is 30.3 Å². The van der Waals surface area contributed by atoms with Crippen molar-refractivity contribution in [2.45, 2.75) is 24.1 Å². The van der Waals surface area contributed by atoms with Crippen molar-refractivity contribution >= 4 is 11.8 Å². The minimum atomic E-state index is 0.571. The molecule has 3 heteroatoms. The van der Waals surface area contributed by atoms with E-state index in [0.29, 0.717) is 6.04 Å². The van der Waals surface area contributed by atoms with E-state index in [1.54, 1.807) is 0 Å². The summed E-state index contributed by atoms with van der Waals surface area (Å²) in [6.45, 7) is 4.70. The van der Waals surface area contributed by atoms with Crippen LogP contribution in [0.5, 0.6) is 0 Å². The van der Waals surface area contributed by atoms with Gasteiger partial charge in [0.1, 0.15) is 0 Å². The van der Waals surface area contributed by atoms with Crippen LogP contribution in [0.4, 0.5) is 0 Å². The topological polar surface area (TPSA) is 15.3 Å². The fourth-order valence-corrected chi connectivity index (χ4v) is 4.32. The molecule has 18 heavy (non-hydrogen) atoms. The lowest BCUT2D eigenvalue weighted by Crippen LogP contribution is -2.47. The van der Waals surface area contributed by atoms with E-state index >= 15 is 0 Å². The van der Waals surface area contributed by atoms with E-state index in [0.717, 1.165) is 18.3 Å². The van der Waals surface area contributed by atoms with Crippen molar-refractivity contribution in [2.75, 3.05) is 31.9 Å². The molecule has 2 saturated heterocycles. The van der Waals surface area contributed by atoms with Crippen LogP contribution in [0.2, 0.25) is 0 Å². The van der Waals surface area contributed by atoms with Gasteiger partial charge in [0.15, 0.2) is 0 Å². The Morgan fingerprint density at radius 1 is 1.28 bits per heavy atom. The van der Waals surface area contributed by atoms with Crippen molar-refractivity contribution in [3.8, 4) is 0 Å². The molecule has 0 radical (unpaired) electrons. The fraction of sp³-hybridized carbons (Fsp3) is 0.600. The van der Waals surface area contributed by atoms with Crippen LogP contribution in [0.15, 0.2) is 30.3 Å². The van der Waals surface area contributed by atoms with Crippen molar-refractivity contribution in [3.05, 3.63) is 35.9 Å². The van der Waals surface area contributed by atoms with Crippen LogP contribution < -0.4 is 5.32 Å². The van der Waals surface area contributed by atoms with Crippen LogP contribution in [0, 0.1) is 0 Å². The first-order valence-electron chi connectivity index (χ1n) is 7.05. The largest absolute Gasteiger partial charge is 0.314 e. The van der Waals surface area contributed by atoms with Gasteiger partial charge in [-0.05, 0) is 24.2 Å². The van der Waals surface area contributed by atoms with Crippen LogP contribution in [0.25, 0.3) is 0 Å². The number of piperazine rings is 1. The summed E-state index contributed by atoms with van der Waals surface area (Å²) >= 11 is 2.17. The normalized spacial score (nSPS) is 29.6. The molecule has 2 atom stereocenters. The predicted octanol–water partition coefficient (Wildman–Crippen LogP) is 2.53. The molecule has 2 heterocycles. The third kappa shape index (κ3) is 2.90. The minimum Gasteiger partial charge on any atom is -0.314 e. The number of benzene rings is 1. The summed E-state index contributed by atoms with van der Waals surface area (Å²) in [4.78, 5) is 2.69. The average molecular weight is 262 g/mol. The van der Waals surface area contributed by atoms with Gasteiger partial charge in [-0.3, -0.25) is 4.90 Å². The third-order valence-corrected chi connectivity index (χ3v) is 5.38. The van der Waals surface area contributed by atoms with Gasteiger partial charge in [0, 0.05) is 37.5 Å². The van der Waals surface area contributed by atoms with Gasteiger partial charge >= 0.3 is 0 Å². The fourth-order valence-electron chi connectivity index (χ4n) is 3.02. The SMILES string of the molecule is c1ccc(C2CNCCN2CC2CCCS2)cc1. The van der Waals surface area contributed by atoms with Gasteiger partial charge in [-0.2, -0.15) is 11.8 Å². The molecule has 0 bridgehead atoms. The zero-order valence-electron chi connectivity index (χ0n) is 10.8. The van der Waals surface area contributed by atoms with Crippen LogP contribution >= 0.6 is 11.8 Å². The summed E-state index contributed by atoms with van der Waals surface area (Å²) in [7, 11) is 0. The van der Waals surface area contributed by atoms with Crippen molar-refractivity contribution in [1.82, 2.24) is 10.2 Å². The van der Waals surface area contributed by atoms with Crippen molar-refractivity contribution in [1.29, 1.82) is 0 Å². The van der Waals surface area contributed by atoms with E-state index in [2.05, 4.69) is 52.3 Å². The molecule has 2 fully saturated rings. The molecule has 2 aliphatic rings. The molecule has 2 aliphatic heterocycles. The number of rotatable bonds is 3. The summed E-state index contributed by atoms with van der Waals surface area (Å²) in [6, 6.07) is 11.5. The molecule has 98 valence electrons. The summed E-state index contributed by atoms with van der Waals surface area (Å²) in [5, 5.41) is 4.41. The van der Waals surface area contributed by atoms with E-state index < -0.39 is 0 Å². The van der Waals surface area contributed by atoms with E-state index in [-0.39, 0.29) is 0 Å². The molecule has 0 aliphatic carbocycles. The van der Waals surface area contributed by atoms with Gasteiger partial charge in [0.2, 0.25) is 0 Å². The summed E-state index contributed by atoms with van der Waals surface area (Å²) in [6.07, 6.45) is 2.83. The van der Waals surface area contributed by atoms with Crippen molar-refractivity contribution in [3.63, 3.8) is 0 Å². The van der Waals surface area contributed by atoms with Crippen LogP contribution in [0.3, 0.4) is 0 Å². The maximum Gasteiger partial charge on any atom is 0.0473 e. The van der Waals surface area contributed by atoms with Crippen molar-refractivity contribution in [2.24, 2.45) is 0 Å². The Morgan fingerprint density at radius 2 is 2.17 bits per heavy atom. The average Bonchev–Trinajstić information content (AvgIpc) is 2.93. The number of nitrogens with one attached hydrogen (secondary N) is 1. The Balaban J connectivity index is 1.69. The Morgan fingerprint density at radius 3 is 2.94 bits per heavy atom. The number of hydrogen-bond acceptors (Lipinski definition) is 3. The summed E-state index contributed by atoms with van der Waals surface area (Å²) < 4.78 is 0. The second-order valence-electron chi connectivity index (χ2n) is 5.26. The molecule has 0 amide bonds. The first-order chi connectivity index (χ1) is 8.93. The molecular weight excluding hydrogens is 240 g/mol. The third-order valence-electron chi connectivity index (χ3n) is 4.00. The molecule has 0 saturated carbocycles. The van der Waals surface area contributed by atoms with Gasteiger partial charge in [0.25, 0.3) is 0 Å². The summed E-state index contributed by atoms with van der Waals surface area (Å²) in [5.74, 6) is 1.37. The molecule has 0 spiro atoms. The maximum absolute atomic E-state index is 3.54. The monoisotopic (exact) mass is 262 g/mol. The molecule has 2 nitrogen and oxygen atoms in total. The Labute approximate surface area is 114 Å². The van der Waals surface area contributed by atoms with Crippen LogP contribution in [-0.4, -0.2) is 42.1 Å². The van der Waals surface area contributed by atoms with Crippen molar-refractivity contribution < 1.29 is 0 Å². The summed E-state index contributed by atoms with van der Waals surface area (Å²) in [5.41, 5.74) is 1.47. The van der Waals surface area contributed by atoms with E-state index in [9.17, 15) is 0 Å². The number of thioether (sulfide) groups is 1. The molecule has 0 aromatic heterocycles. The first kappa shape index (κ1) is 12.5. The lowest BCUT2D eigenvalue weighted by atomic mass is 10.0. The first-order valence-corrected chi connectivity index (χ1v) is 8.09. The van der Waals surface area contributed by atoms with Gasteiger partial charge < -0.3 is 5.32 Å². The maximum atomic E-state index is 3.54. The van der Waals surface area contributed by atoms with Crippen LogP contribution in [0.1, 0.15) is 24.4 Å². The molecule has 2 unspecified atom stereocenters. The highest BCUT2D eigenvalue weighted by Crippen LogP contribution is 2.30. The molecule has 1 aromatic carbocycles. The van der Waals surface area contributed by atoms with E-state index in [4.69, 9.17) is 0 Å². The smallest absolute Gasteiger partial charge is 0.0473 e. The van der Waals surface area contributed by atoms with Gasteiger partial charge in [-0.15, -0.1) is 0 Å². The van der Waals surface area contributed by atoms with Gasteiger partial charge in [0.05, 0.1) is 0 Å². The number of hydrogen-bond donors (Lipinski definition) is 1. The van der Waals surface area contributed by atoms with Gasteiger partial charge in [-0.25, -0.2) is 0 Å². The second kappa shape index (κ2) is 6.09. The lowest BCUT2D eigenvalue weighted by Gasteiger charge is -2.37. The zero-order valence-corrected chi connectivity index (χ0v) is 11.7.